The smallest absolute Gasteiger partial charge is 0.338 e. The van der Waals surface area contributed by atoms with Gasteiger partial charge in [0, 0.05) is 0 Å². The van der Waals surface area contributed by atoms with Gasteiger partial charge in [-0.25, -0.2) is 4.79 Å². The Balaban J connectivity index is 1.84. The van der Waals surface area contributed by atoms with Gasteiger partial charge in [0.05, 0.1) is 12.7 Å². The number of ether oxygens (including phenoxy) is 2. The van der Waals surface area contributed by atoms with Gasteiger partial charge in [0.15, 0.2) is 0 Å². The van der Waals surface area contributed by atoms with Crippen LogP contribution in [0.3, 0.4) is 0 Å². The summed E-state index contributed by atoms with van der Waals surface area (Å²) in [4.78, 5) is 25.3. The number of hydrogen-bond donors (Lipinski definition) is 0. The van der Waals surface area contributed by atoms with Crippen molar-refractivity contribution in [1.82, 2.24) is 0 Å². The number of esters is 2. The summed E-state index contributed by atoms with van der Waals surface area (Å²) in [7, 11) is 1.44. The molecule has 2 aliphatic carbocycles. The van der Waals surface area contributed by atoms with Crippen molar-refractivity contribution in [3.05, 3.63) is 35.4 Å². The predicted octanol–water partition coefficient (Wildman–Crippen LogP) is 4.05. The van der Waals surface area contributed by atoms with Crippen molar-refractivity contribution in [2.24, 2.45) is 11.3 Å². The third-order valence-corrected chi connectivity index (χ3v) is 5.78. The van der Waals surface area contributed by atoms with Crippen molar-refractivity contribution in [3.8, 4) is 0 Å². The summed E-state index contributed by atoms with van der Waals surface area (Å²) < 4.78 is 11.0. The van der Waals surface area contributed by atoms with Crippen molar-refractivity contribution in [1.29, 1.82) is 0 Å². The Morgan fingerprint density at radius 3 is 2.54 bits per heavy atom. The van der Waals surface area contributed by atoms with Crippen LogP contribution in [0.5, 0.6) is 0 Å². The molecule has 0 spiro atoms. The molecular formula is C20H26O4. The summed E-state index contributed by atoms with van der Waals surface area (Å²) in [5.41, 5.74) is 0.919. The summed E-state index contributed by atoms with van der Waals surface area (Å²) in [6.07, 6.45) is 6.35. The molecular weight excluding hydrogens is 304 g/mol. The van der Waals surface area contributed by atoms with Crippen LogP contribution in [0.1, 0.15) is 60.9 Å². The van der Waals surface area contributed by atoms with E-state index in [1.54, 1.807) is 6.07 Å². The number of benzene rings is 1. The molecule has 130 valence electrons. The fourth-order valence-electron chi connectivity index (χ4n) is 4.63. The molecule has 0 amide bonds. The molecule has 0 aromatic heterocycles. The summed E-state index contributed by atoms with van der Waals surface area (Å²) in [6.45, 7) is 1.95. The van der Waals surface area contributed by atoms with Gasteiger partial charge in [-0.15, -0.1) is 0 Å². The Bertz CT molecular complexity index is 618. The van der Waals surface area contributed by atoms with E-state index in [1.807, 2.05) is 25.1 Å². The average Bonchev–Trinajstić information content (AvgIpc) is 3.24. The van der Waals surface area contributed by atoms with Crippen LogP contribution in [-0.2, 0) is 14.3 Å². The lowest BCUT2D eigenvalue weighted by Gasteiger charge is -2.37. The third-order valence-electron chi connectivity index (χ3n) is 5.78. The lowest BCUT2D eigenvalue weighted by Crippen LogP contribution is -2.46. The van der Waals surface area contributed by atoms with E-state index in [0.29, 0.717) is 5.56 Å². The van der Waals surface area contributed by atoms with E-state index in [9.17, 15) is 9.59 Å². The SMILES string of the molecule is COC(=O)C1(C2CCCC2)CCCC1OC(=O)c1cccc(C)c1. The van der Waals surface area contributed by atoms with E-state index in [0.717, 1.165) is 50.5 Å². The number of hydrogen-bond acceptors (Lipinski definition) is 4. The first kappa shape index (κ1) is 17.0. The molecule has 3 rings (SSSR count). The lowest BCUT2D eigenvalue weighted by molar-refractivity contribution is -0.164. The van der Waals surface area contributed by atoms with Crippen molar-refractivity contribution in [2.75, 3.05) is 7.11 Å². The van der Waals surface area contributed by atoms with Gasteiger partial charge in [-0.05, 0) is 57.1 Å². The minimum atomic E-state index is -0.648. The van der Waals surface area contributed by atoms with E-state index in [2.05, 4.69) is 0 Å². The first-order valence-electron chi connectivity index (χ1n) is 8.94. The quantitative estimate of drug-likeness (QED) is 0.781. The van der Waals surface area contributed by atoms with Crippen molar-refractivity contribution in [2.45, 2.75) is 58.0 Å². The number of rotatable bonds is 4. The zero-order valence-corrected chi connectivity index (χ0v) is 14.5. The maximum atomic E-state index is 12.7. The van der Waals surface area contributed by atoms with Gasteiger partial charge >= 0.3 is 11.9 Å². The highest BCUT2D eigenvalue weighted by atomic mass is 16.6. The Kier molecular flexibility index (Phi) is 4.93. The van der Waals surface area contributed by atoms with Gasteiger partial charge in [-0.2, -0.15) is 0 Å². The molecule has 2 fully saturated rings. The van der Waals surface area contributed by atoms with Crippen LogP contribution in [-0.4, -0.2) is 25.2 Å². The van der Waals surface area contributed by atoms with E-state index in [-0.39, 0.29) is 24.0 Å². The largest absolute Gasteiger partial charge is 0.468 e. The molecule has 2 saturated carbocycles. The van der Waals surface area contributed by atoms with Gasteiger partial charge in [-0.3, -0.25) is 4.79 Å². The molecule has 2 unspecified atom stereocenters. The molecule has 1 aromatic carbocycles. The maximum absolute atomic E-state index is 12.7. The first-order valence-corrected chi connectivity index (χ1v) is 8.94. The van der Waals surface area contributed by atoms with Crippen molar-refractivity contribution in [3.63, 3.8) is 0 Å². The predicted molar refractivity (Wildman–Crippen MR) is 90.6 cm³/mol. The van der Waals surface area contributed by atoms with E-state index in [4.69, 9.17) is 9.47 Å². The van der Waals surface area contributed by atoms with Crippen molar-refractivity contribution < 1.29 is 19.1 Å². The van der Waals surface area contributed by atoms with Crippen LogP contribution in [0.2, 0.25) is 0 Å². The van der Waals surface area contributed by atoms with Gasteiger partial charge < -0.3 is 9.47 Å². The van der Waals surface area contributed by atoms with Crippen LogP contribution in [0, 0.1) is 18.3 Å². The lowest BCUT2D eigenvalue weighted by atomic mass is 9.71. The molecule has 0 bridgehead atoms. The van der Waals surface area contributed by atoms with Gasteiger partial charge in [0.2, 0.25) is 0 Å². The van der Waals surface area contributed by atoms with E-state index < -0.39 is 5.41 Å². The topological polar surface area (TPSA) is 52.6 Å². The second-order valence-electron chi connectivity index (χ2n) is 7.17. The minimum absolute atomic E-state index is 0.200. The fourth-order valence-corrected chi connectivity index (χ4v) is 4.63. The molecule has 24 heavy (non-hydrogen) atoms. The Hall–Kier alpha value is -1.84. The summed E-state index contributed by atoms with van der Waals surface area (Å²) >= 11 is 0. The normalized spacial score (nSPS) is 27.2. The Morgan fingerprint density at radius 2 is 1.88 bits per heavy atom. The second-order valence-corrected chi connectivity index (χ2v) is 7.17. The van der Waals surface area contributed by atoms with Crippen LogP contribution in [0.25, 0.3) is 0 Å². The second kappa shape index (κ2) is 6.96. The highest BCUT2D eigenvalue weighted by Crippen LogP contribution is 2.52. The third kappa shape index (κ3) is 2.94. The average molecular weight is 330 g/mol. The molecule has 2 atom stereocenters. The molecule has 0 N–H and O–H groups in total. The zero-order valence-electron chi connectivity index (χ0n) is 14.5. The monoisotopic (exact) mass is 330 g/mol. The fraction of sp³-hybridized carbons (Fsp3) is 0.600. The number of aryl methyl sites for hydroxylation is 1. The maximum Gasteiger partial charge on any atom is 0.338 e. The Morgan fingerprint density at radius 1 is 1.12 bits per heavy atom. The first-order chi connectivity index (χ1) is 11.6. The van der Waals surface area contributed by atoms with Gasteiger partial charge in [-0.1, -0.05) is 30.5 Å². The van der Waals surface area contributed by atoms with Gasteiger partial charge in [0.1, 0.15) is 11.5 Å². The molecule has 0 aliphatic heterocycles. The zero-order chi connectivity index (χ0) is 17.2. The Labute approximate surface area is 143 Å². The van der Waals surface area contributed by atoms with Crippen LogP contribution in [0.15, 0.2) is 24.3 Å². The summed E-state index contributed by atoms with van der Waals surface area (Å²) in [5, 5.41) is 0. The molecule has 2 aliphatic rings. The minimum Gasteiger partial charge on any atom is -0.468 e. The molecule has 1 aromatic rings. The molecule has 0 heterocycles. The van der Waals surface area contributed by atoms with E-state index in [1.165, 1.54) is 7.11 Å². The molecule has 4 heteroatoms. The summed E-state index contributed by atoms with van der Waals surface area (Å²) in [6, 6.07) is 7.39. The standard InChI is InChI=1S/C20H26O4/c1-14-7-5-8-15(13-14)18(21)24-17-11-6-12-20(17,19(22)23-2)16-9-3-4-10-16/h5,7-8,13,16-17H,3-4,6,9-12H2,1-2H3. The van der Waals surface area contributed by atoms with Crippen LogP contribution < -0.4 is 0 Å². The number of carbonyl (C=O) groups excluding carboxylic acids is 2. The highest BCUT2D eigenvalue weighted by molar-refractivity contribution is 5.90. The molecule has 4 nitrogen and oxygen atoms in total. The number of carbonyl (C=O) groups is 2. The highest BCUT2D eigenvalue weighted by Gasteiger charge is 2.57. The van der Waals surface area contributed by atoms with Crippen LogP contribution >= 0.6 is 0 Å². The molecule has 0 radical (unpaired) electrons. The van der Waals surface area contributed by atoms with E-state index >= 15 is 0 Å². The molecule has 0 saturated heterocycles. The van der Waals surface area contributed by atoms with Crippen molar-refractivity contribution >= 4 is 11.9 Å². The van der Waals surface area contributed by atoms with Gasteiger partial charge in [0.25, 0.3) is 0 Å². The number of methoxy groups -OCH3 is 1. The summed E-state index contributed by atoms with van der Waals surface area (Å²) in [5.74, 6) is -0.270. The van der Waals surface area contributed by atoms with Crippen LogP contribution in [0.4, 0.5) is 0 Å².